The highest BCUT2D eigenvalue weighted by Crippen LogP contribution is 2.25. The lowest BCUT2D eigenvalue weighted by atomic mass is 10.2. The van der Waals surface area contributed by atoms with Gasteiger partial charge in [0.1, 0.15) is 6.42 Å². The number of benzene rings is 2. The van der Waals surface area contributed by atoms with Gasteiger partial charge in [0, 0.05) is 16.3 Å². The molecule has 130 valence electrons. The van der Waals surface area contributed by atoms with Gasteiger partial charge in [0.15, 0.2) is 0 Å². The summed E-state index contributed by atoms with van der Waals surface area (Å²) in [5.74, 6) is -1.10. The molecule has 9 heteroatoms. The van der Waals surface area contributed by atoms with E-state index in [9.17, 15) is 9.59 Å². The van der Waals surface area contributed by atoms with E-state index in [4.69, 9.17) is 46.4 Å². The molecule has 0 radical (unpaired) electrons. The van der Waals surface area contributed by atoms with Crippen molar-refractivity contribution in [3.63, 3.8) is 0 Å². The second-order valence-corrected chi connectivity index (χ2v) is 6.47. The van der Waals surface area contributed by atoms with Gasteiger partial charge in [-0.3, -0.25) is 9.59 Å². The van der Waals surface area contributed by atoms with Crippen molar-refractivity contribution in [2.24, 2.45) is 5.10 Å². The predicted molar refractivity (Wildman–Crippen MR) is 102 cm³/mol. The Balaban J connectivity index is 1.85. The fraction of sp³-hybridized carbons (Fsp3) is 0.0625. The number of carbonyl (C=O) groups is 2. The first-order valence-electron chi connectivity index (χ1n) is 6.87. The molecule has 0 aliphatic heterocycles. The highest BCUT2D eigenvalue weighted by atomic mass is 35.5. The molecule has 0 fully saturated rings. The smallest absolute Gasteiger partial charge is 0.249 e. The molecule has 0 heterocycles. The average molecular weight is 419 g/mol. The van der Waals surface area contributed by atoms with E-state index in [0.29, 0.717) is 31.3 Å². The van der Waals surface area contributed by atoms with Crippen molar-refractivity contribution >= 4 is 70.1 Å². The van der Waals surface area contributed by atoms with Crippen molar-refractivity contribution < 1.29 is 9.59 Å². The van der Waals surface area contributed by atoms with Crippen LogP contribution < -0.4 is 10.7 Å². The number of hydrogen-bond acceptors (Lipinski definition) is 3. The van der Waals surface area contributed by atoms with Crippen LogP contribution in [0.25, 0.3) is 0 Å². The summed E-state index contributed by atoms with van der Waals surface area (Å²) in [5, 5.41) is 7.83. The second-order valence-electron chi connectivity index (χ2n) is 4.81. The van der Waals surface area contributed by atoms with Gasteiger partial charge in [0.2, 0.25) is 11.8 Å². The Morgan fingerprint density at radius 2 is 1.68 bits per heavy atom. The van der Waals surface area contributed by atoms with Crippen LogP contribution in [0.1, 0.15) is 12.0 Å². The number of halogens is 4. The standard InChI is InChI=1S/C16H11Cl4N3O2/c17-10-2-1-9(13(19)5-10)8-21-23-16(25)7-15(24)22-11-3-4-12(18)14(20)6-11/h1-6,8H,7H2,(H,22,24)(H,23,25)/b21-8+. The van der Waals surface area contributed by atoms with E-state index in [1.807, 2.05) is 0 Å². The topological polar surface area (TPSA) is 70.6 Å². The second kappa shape index (κ2) is 9.06. The van der Waals surface area contributed by atoms with Gasteiger partial charge >= 0.3 is 0 Å². The van der Waals surface area contributed by atoms with Crippen LogP contribution >= 0.6 is 46.4 Å². The zero-order valence-corrected chi connectivity index (χ0v) is 15.5. The van der Waals surface area contributed by atoms with Gasteiger partial charge in [-0.05, 0) is 30.3 Å². The van der Waals surface area contributed by atoms with Crippen LogP contribution in [0, 0.1) is 0 Å². The molecular formula is C16H11Cl4N3O2. The maximum Gasteiger partial charge on any atom is 0.249 e. The average Bonchev–Trinajstić information content (AvgIpc) is 2.53. The van der Waals surface area contributed by atoms with Crippen molar-refractivity contribution in [1.82, 2.24) is 5.43 Å². The lowest BCUT2D eigenvalue weighted by molar-refractivity contribution is -0.126. The molecule has 0 atom stereocenters. The fourth-order valence-electron chi connectivity index (χ4n) is 1.74. The SMILES string of the molecule is O=C(CC(=O)Nc1ccc(Cl)c(Cl)c1)N/N=C/c1ccc(Cl)cc1Cl. The van der Waals surface area contributed by atoms with Gasteiger partial charge < -0.3 is 5.32 Å². The van der Waals surface area contributed by atoms with Crippen molar-refractivity contribution in [3.8, 4) is 0 Å². The third-order valence-electron chi connectivity index (χ3n) is 2.88. The number of anilines is 1. The minimum Gasteiger partial charge on any atom is -0.326 e. The molecule has 0 bridgehead atoms. The minimum absolute atomic E-state index is 0.299. The number of hydrogen-bond donors (Lipinski definition) is 2. The Labute approximate surface area is 163 Å². The van der Waals surface area contributed by atoms with Crippen molar-refractivity contribution in [2.75, 3.05) is 5.32 Å². The maximum absolute atomic E-state index is 11.8. The third kappa shape index (κ3) is 6.21. The third-order valence-corrected chi connectivity index (χ3v) is 4.18. The van der Waals surface area contributed by atoms with Gasteiger partial charge in [-0.25, -0.2) is 5.43 Å². The van der Waals surface area contributed by atoms with Crippen molar-refractivity contribution in [1.29, 1.82) is 0 Å². The van der Waals surface area contributed by atoms with Gasteiger partial charge in [-0.15, -0.1) is 0 Å². The van der Waals surface area contributed by atoms with E-state index in [2.05, 4.69) is 15.8 Å². The summed E-state index contributed by atoms with van der Waals surface area (Å²) in [5.41, 5.74) is 3.25. The first-order valence-corrected chi connectivity index (χ1v) is 8.38. The van der Waals surface area contributed by atoms with Crippen LogP contribution in [0.2, 0.25) is 20.1 Å². The van der Waals surface area contributed by atoms with Gasteiger partial charge in [-0.2, -0.15) is 5.10 Å². The summed E-state index contributed by atoms with van der Waals surface area (Å²) in [6.45, 7) is 0. The van der Waals surface area contributed by atoms with Crippen LogP contribution in [0.4, 0.5) is 5.69 Å². The molecule has 0 saturated heterocycles. The molecule has 2 rings (SSSR count). The molecular weight excluding hydrogens is 408 g/mol. The molecule has 2 aromatic rings. The summed E-state index contributed by atoms with van der Waals surface area (Å²) in [7, 11) is 0. The number of nitrogens with zero attached hydrogens (tertiary/aromatic N) is 1. The molecule has 0 aliphatic rings. The highest BCUT2D eigenvalue weighted by molar-refractivity contribution is 6.42. The molecule has 0 aliphatic carbocycles. The van der Waals surface area contributed by atoms with E-state index >= 15 is 0 Å². The molecule has 0 spiro atoms. The molecule has 0 aromatic heterocycles. The van der Waals surface area contributed by atoms with E-state index in [0.717, 1.165) is 0 Å². The number of rotatable bonds is 5. The fourth-order valence-corrected chi connectivity index (χ4v) is 2.50. The van der Waals surface area contributed by atoms with E-state index < -0.39 is 18.2 Å². The Hall–Kier alpha value is -1.79. The lowest BCUT2D eigenvalue weighted by Crippen LogP contribution is -2.24. The first-order chi connectivity index (χ1) is 11.8. The molecule has 0 saturated carbocycles. The number of nitrogens with one attached hydrogen (secondary N) is 2. The van der Waals surface area contributed by atoms with Crippen molar-refractivity contribution in [3.05, 3.63) is 62.1 Å². The molecule has 25 heavy (non-hydrogen) atoms. The summed E-state index contributed by atoms with van der Waals surface area (Å²) in [4.78, 5) is 23.5. The number of hydrazone groups is 1. The molecule has 2 aromatic carbocycles. The van der Waals surface area contributed by atoms with Crippen LogP contribution in [0.3, 0.4) is 0 Å². The number of amides is 2. The Morgan fingerprint density at radius 1 is 0.920 bits per heavy atom. The lowest BCUT2D eigenvalue weighted by Gasteiger charge is -2.05. The quantitative estimate of drug-likeness (QED) is 0.416. The van der Waals surface area contributed by atoms with Crippen LogP contribution in [0.5, 0.6) is 0 Å². The normalized spacial score (nSPS) is 10.7. The Bertz CT molecular complexity index is 840. The molecule has 2 N–H and O–H groups in total. The minimum atomic E-state index is -0.584. The monoisotopic (exact) mass is 417 g/mol. The van der Waals surface area contributed by atoms with E-state index in [1.165, 1.54) is 12.3 Å². The van der Waals surface area contributed by atoms with Crippen LogP contribution in [-0.2, 0) is 9.59 Å². The van der Waals surface area contributed by atoms with Crippen molar-refractivity contribution in [2.45, 2.75) is 6.42 Å². The number of carbonyl (C=O) groups excluding carboxylic acids is 2. The van der Waals surface area contributed by atoms with Gasteiger partial charge in [-0.1, -0.05) is 52.5 Å². The summed E-state index contributed by atoms with van der Waals surface area (Å²) >= 11 is 23.4. The maximum atomic E-state index is 11.8. The first kappa shape index (κ1) is 19.5. The highest BCUT2D eigenvalue weighted by Gasteiger charge is 2.10. The predicted octanol–water partition coefficient (Wildman–Crippen LogP) is 4.78. The van der Waals surface area contributed by atoms with Crippen LogP contribution in [0.15, 0.2) is 41.5 Å². The van der Waals surface area contributed by atoms with Crippen LogP contribution in [-0.4, -0.2) is 18.0 Å². The zero-order chi connectivity index (χ0) is 18.4. The van der Waals surface area contributed by atoms with E-state index in [1.54, 1.807) is 30.3 Å². The molecule has 5 nitrogen and oxygen atoms in total. The zero-order valence-electron chi connectivity index (χ0n) is 12.5. The van der Waals surface area contributed by atoms with Gasteiger partial charge in [0.25, 0.3) is 0 Å². The largest absolute Gasteiger partial charge is 0.326 e. The Morgan fingerprint density at radius 3 is 2.36 bits per heavy atom. The summed E-state index contributed by atoms with van der Waals surface area (Å²) in [6, 6.07) is 9.44. The molecule has 0 unspecified atom stereocenters. The van der Waals surface area contributed by atoms with E-state index in [-0.39, 0.29) is 0 Å². The summed E-state index contributed by atoms with van der Waals surface area (Å²) in [6.07, 6.45) is 0.944. The van der Waals surface area contributed by atoms with Gasteiger partial charge in [0.05, 0.1) is 21.3 Å². The molecule has 2 amide bonds. The Kier molecular flexibility index (Phi) is 7.08. The summed E-state index contributed by atoms with van der Waals surface area (Å²) < 4.78 is 0.